The molecule has 0 saturated carbocycles. The summed E-state index contributed by atoms with van der Waals surface area (Å²) in [6.07, 6.45) is -0.182. The van der Waals surface area contributed by atoms with Crippen LogP contribution in [0.4, 0.5) is 14.5 Å². The van der Waals surface area contributed by atoms with Crippen molar-refractivity contribution in [1.82, 2.24) is 0 Å². The molecule has 104 valence electrons. The van der Waals surface area contributed by atoms with Gasteiger partial charge in [0.2, 0.25) is 5.91 Å². The molecule has 0 fully saturated rings. The van der Waals surface area contributed by atoms with Crippen LogP contribution in [0, 0.1) is 15.2 Å². The summed E-state index contributed by atoms with van der Waals surface area (Å²) in [4.78, 5) is 11.9. The zero-order chi connectivity index (χ0) is 14.7. The Balaban J connectivity index is 2.13. The van der Waals surface area contributed by atoms with Crippen molar-refractivity contribution < 1.29 is 13.6 Å². The number of rotatable bonds is 3. The van der Waals surface area contributed by atoms with Crippen molar-refractivity contribution in [1.29, 1.82) is 0 Å². The molecular weight excluding hydrogens is 399 g/mol. The van der Waals surface area contributed by atoms with Crippen molar-refractivity contribution in [3.05, 3.63) is 62.2 Å². The lowest BCUT2D eigenvalue weighted by atomic mass is 10.1. The summed E-state index contributed by atoms with van der Waals surface area (Å²) in [7, 11) is 0. The van der Waals surface area contributed by atoms with Gasteiger partial charge in [-0.05, 0) is 52.9 Å². The zero-order valence-corrected chi connectivity index (χ0v) is 13.0. The summed E-state index contributed by atoms with van der Waals surface area (Å²) >= 11 is 7.77. The first-order chi connectivity index (χ1) is 9.47. The monoisotopic (exact) mass is 407 g/mol. The number of hydrogen-bond acceptors (Lipinski definition) is 1. The molecule has 20 heavy (non-hydrogen) atoms. The Morgan fingerprint density at radius 1 is 1.25 bits per heavy atom. The Bertz CT molecular complexity index is 643. The van der Waals surface area contributed by atoms with Gasteiger partial charge in [-0.15, -0.1) is 0 Å². The van der Waals surface area contributed by atoms with Gasteiger partial charge in [-0.25, -0.2) is 8.78 Å². The number of halogens is 4. The van der Waals surface area contributed by atoms with Crippen LogP contribution in [0.3, 0.4) is 0 Å². The van der Waals surface area contributed by atoms with E-state index in [4.69, 9.17) is 11.6 Å². The number of carbonyl (C=O) groups excluding carboxylic acids is 1. The fourth-order valence-electron chi connectivity index (χ4n) is 1.65. The van der Waals surface area contributed by atoms with Crippen LogP contribution in [-0.2, 0) is 11.2 Å². The molecule has 2 aromatic rings. The van der Waals surface area contributed by atoms with Crippen molar-refractivity contribution in [2.75, 3.05) is 5.32 Å². The third-order valence-electron chi connectivity index (χ3n) is 2.60. The molecule has 0 unspecified atom stereocenters. The van der Waals surface area contributed by atoms with Gasteiger partial charge in [0, 0.05) is 14.2 Å². The molecule has 1 N–H and O–H groups in total. The minimum Gasteiger partial charge on any atom is -0.325 e. The Morgan fingerprint density at radius 2 is 2.00 bits per heavy atom. The second-order valence-corrected chi connectivity index (χ2v) is 5.62. The molecule has 0 spiro atoms. The average Bonchev–Trinajstić information content (AvgIpc) is 2.37. The maximum Gasteiger partial charge on any atom is 0.228 e. The first kappa shape index (κ1) is 15.2. The van der Waals surface area contributed by atoms with E-state index < -0.39 is 11.7 Å². The van der Waals surface area contributed by atoms with Crippen LogP contribution >= 0.6 is 34.2 Å². The minimum atomic E-state index is -0.526. The summed E-state index contributed by atoms with van der Waals surface area (Å²) in [6, 6.07) is 8.24. The van der Waals surface area contributed by atoms with Gasteiger partial charge in [-0.1, -0.05) is 17.7 Å². The number of nitrogens with one attached hydrogen (secondary N) is 1. The van der Waals surface area contributed by atoms with E-state index in [1.807, 2.05) is 22.6 Å². The molecule has 0 radical (unpaired) electrons. The van der Waals surface area contributed by atoms with Gasteiger partial charge < -0.3 is 5.32 Å². The van der Waals surface area contributed by atoms with Crippen molar-refractivity contribution in [3.8, 4) is 0 Å². The third kappa shape index (κ3) is 3.67. The van der Waals surface area contributed by atoms with E-state index in [9.17, 15) is 13.6 Å². The molecule has 0 saturated heterocycles. The smallest absolute Gasteiger partial charge is 0.228 e. The SMILES string of the molecule is O=C(Cc1c(F)cccc1Cl)Nc1ccc(F)cc1I. The Labute approximate surface area is 133 Å². The molecule has 0 aliphatic rings. The second-order valence-electron chi connectivity index (χ2n) is 4.05. The lowest BCUT2D eigenvalue weighted by molar-refractivity contribution is -0.115. The van der Waals surface area contributed by atoms with Gasteiger partial charge in [0.05, 0.1) is 12.1 Å². The average molecular weight is 408 g/mol. The van der Waals surface area contributed by atoms with Crippen LogP contribution in [0.5, 0.6) is 0 Å². The number of amides is 1. The van der Waals surface area contributed by atoms with Gasteiger partial charge in [-0.2, -0.15) is 0 Å². The lowest BCUT2D eigenvalue weighted by Gasteiger charge is -2.09. The predicted molar refractivity (Wildman–Crippen MR) is 82.9 cm³/mol. The minimum absolute atomic E-state index is 0.142. The first-order valence-electron chi connectivity index (χ1n) is 5.65. The quantitative estimate of drug-likeness (QED) is 0.751. The highest BCUT2D eigenvalue weighted by atomic mass is 127. The summed E-state index contributed by atoms with van der Waals surface area (Å²) in [6.45, 7) is 0. The van der Waals surface area contributed by atoms with Crippen molar-refractivity contribution >= 4 is 45.8 Å². The Morgan fingerprint density at radius 3 is 2.65 bits per heavy atom. The highest BCUT2D eigenvalue weighted by Gasteiger charge is 2.13. The summed E-state index contributed by atoms with van der Waals surface area (Å²) in [5.74, 6) is -1.33. The number of benzene rings is 2. The van der Waals surface area contributed by atoms with Crippen LogP contribution in [0.25, 0.3) is 0 Å². The Kier molecular flexibility index (Phi) is 4.93. The molecule has 2 nitrogen and oxygen atoms in total. The van der Waals surface area contributed by atoms with E-state index in [0.29, 0.717) is 9.26 Å². The van der Waals surface area contributed by atoms with Crippen LogP contribution in [0.1, 0.15) is 5.56 Å². The fraction of sp³-hybridized carbons (Fsp3) is 0.0714. The molecule has 1 amide bonds. The topological polar surface area (TPSA) is 29.1 Å². The van der Waals surface area contributed by atoms with Crippen LogP contribution in [0.2, 0.25) is 5.02 Å². The first-order valence-corrected chi connectivity index (χ1v) is 7.11. The maximum atomic E-state index is 13.6. The molecular formula is C14H9ClF2INO. The van der Waals surface area contributed by atoms with Gasteiger partial charge in [-0.3, -0.25) is 4.79 Å². The standard InChI is InChI=1S/C14H9ClF2INO/c15-10-2-1-3-11(17)9(10)7-14(20)19-13-5-4-8(16)6-12(13)18/h1-6H,7H2,(H,19,20). The van der Waals surface area contributed by atoms with E-state index in [1.54, 1.807) is 0 Å². The largest absolute Gasteiger partial charge is 0.325 e. The zero-order valence-electron chi connectivity index (χ0n) is 10.1. The Hall–Kier alpha value is -1.21. The lowest BCUT2D eigenvalue weighted by Crippen LogP contribution is -2.16. The fourth-order valence-corrected chi connectivity index (χ4v) is 2.49. The number of anilines is 1. The van der Waals surface area contributed by atoms with E-state index in [-0.39, 0.29) is 22.8 Å². The predicted octanol–water partition coefficient (Wildman–Crippen LogP) is 4.40. The van der Waals surface area contributed by atoms with E-state index in [0.717, 1.165) is 0 Å². The summed E-state index contributed by atoms with van der Waals surface area (Å²) < 4.78 is 27.1. The molecule has 0 bridgehead atoms. The molecule has 0 aromatic heterocycles. The summed E-state index contributed by atoms with van der Waals surface area (Å²) in [5.41, 5.74) is 0.619. The molecule has 2 rings (SSSR count). The number of hydrogen-bond donors (Lipinski definition) is 1. The van der Waals surface area contributed by atoms with Gasteiger partial charge in [0.25, 0.3) is 0 Å². The van der Waals surface area contributed by atoms with Crippen molar-refractivity contribution in [2.24, 2.45) is 0 Å². The van der Waals surface area contributed by atoms with E-state index in [1.165, 1.54) is 36.4 Å². The molecule has 0 heterocycles. The van der Waals surface area contributed by atoms with E-state index >= 15 is 0 Å². The normalized spacial score (nSPS) is 10.4. The van der Waals surface area contributed by atoms with Gasteiger partial charge in [0.15, 0.2) is 0 Å². The molecule has 0 atom stereocenters. The van der Waals surface area contributed by atoms with Crippen molar-refractivity contribution in [2.45, 2.75) is 6.42 Å². The molecule has 6 heteroatoms. The third-order valence-corrected chi connectivity index (χ3v) is 3.85. The molecule has 0 aliphatic heterocycles. The van der Waals surface area contributed by atoms with Gasteiger partial charge in [0.1, 0.15) is 11.6 Å². The molecule has 2 aromatic carbocycles. The van der Waals surface area contributed by atoms with Gasteiger partial charge >= 0.3 is 0 Å². The van der Waals surface area contributed by atoms with Crippen LogP contribution in [0.15, 0.2) is 36.4 Å². The number of carbonyl (C=O) groups is 1. The van der Waals surface area contributed by atoms with E-state index in [2.05, 4.69) is 5.32 Å². The second kappa shape index (κ2) is 6.49. The highest BCUT2D eigenvalue weighted by molar-refractivity contribution is 14.1. The van der Waals surface area contributed by atoms with Crippen LogP contribution < -0.4 is 5.32 Å². The molecule has 0 aliphatic carbocycles. The maximum absolute atomic E-state index is 13.6. The van der Waals surface area contributed by atoms with Crippen molar-refractivity contribution in [3.63, 3.8) is 0 Å². The summed E-state index contributed by atoms with van der Waals surface area (Å²) in [5, 5.41) is 2.80. The van der Waals surface area contributed by atoms with Crippen LogP contribution in [-0.4, -0.2) is 5.91 Å². The highest BCUT2D eigenvalue weighted by Crippen LogP contribution is 2.22.